The van der Waals surface area contributed by atoms with Gasteiger partial charge < -0.3 is 20.1 Å². The molecule has 1 fully saturated rings. The van der Waals surface area contributed by atoms with Crippen LogP contribution in [0.4, 0.5) is 0 Å². The molecule has 2 heterocycles. The number of fused-ring (bicyclic) bond motifs is 1. The standard InChI is InChI=1S/C30H29ClN6O3/c31-20-14-15-24-25(16-20)33-28(30(38)39)26(24)27(32-21-10-5-2-6-11-21)29-34-35-36-37(29)22-12-7-13-23(17-22)40-18-19-8-3-1-4-9-19/h1,3-4,7-9,12-17,21,27,32-33H,2,5-6,10-11,18H2,(H,38,39). The van der Waals surface area contributed by atoms with Gasteiger partial charge in [-0.3, -0.25) is 0 Å². The molecule has 3 N–H and O–H groups in total. The zero-order valence-electron chi connectivity index (χ0n) is 21.8. The zero-order chi connectivity index (χ0) is 27.5. The Hall–Kier alpha value is -4.21. The minimum Gasteiger partial charge on any atom is -0.489 e. The van der Waals surface area contributed by atoms with E-state index in [2.05, 4.69) is 25.8 Å². The van der Waals surface area contributed by atoms with Gasteiger partial charge in [0.05, 0.1) is 11.7 Å². The molecule has 1 saturated carbocycles. The molecule has 0 amide bonds. The number of carboxylic acid groups (broad SMARTS) is 1. The van der Waals surface area contributed by atoms with Crippen molar-refractivity contribution in [2.75, 3.05) is 0 Å². The maximum Gasteiger partial charge on any atom is 0.352 e. The molecule has 40 heavy (non-hydrogen) atoms. The summed E-state index contributed by atoms with van der Waals surface area (Å²) in [6, 6.07) is 22.5. The minimum atomic E-state index is -1.06. The summed E-state index contributed by atoms with van der Waals surface area (Å²) in [5.74, 6) is 0.102. The normalized spacial score (nSPS) is 14.8. The van der Waals surface area contributed by atoms with E-state index >= 15 is 0 Å². The van der Waals surface area contributed by atoms with Crippen LogP contribution in [0.1, 0.15) is 65.6 Å². The zero-order valence-corrected chi connectivity index (χ0v) is 22.5. The average Bonchev–Trinajstić information content (AvgIpc) is 3.61. The SMILES string of the molecule is O=C(O)c1[nH]c2cc(Cl)ccc2c1C(NC1CCCCC1)c1nnnn1-c1cccc(OCc2ccccc2)c1. The molecule has 3 aromatic carbocycles. The molecule has 0 radical (unpaired) electrons. The van der Waals surface area contributed by atoms with Gasteiger partial charge in [0.1, 0.15) is 18.1 Å². The fraction of sp³-hybridized carbons (Fsp3) is 0.267. The number of aromatic amines is 1. The van der Waals surface area contributed by atoms with Gasteiger partial charge in [-0.25, -0.2) is 4.79 Å². The Morgan fingerprint density at radius 2 is 1.90 bits per heavy atom. The van der Waals surface area contributed by atoms with Gasteiger partial charge in [0.2, 0.25) is 0 Å². The second-order valence-corrected chi connectivity index (χ2v) is 10.5. The number of aromatic nitrogens is 5. The second kappa shape index (κ2) is 11.5. The van der Waals surface area contributed by atoms with Crippen LogP contribution in [-0.4, -0.2) is 42.3 Å². The van der Waals surface area contributed by atoms with E-state index in [0.717, 1.165) is 36.6 Å². The second-order valence-electron chi connectivity index (χ2n) is 10.1. The predicted molar refractivity (Wildman–Crippen MR) is 152 cm³/mol. The summed E-state index contributed by atoms with van der Waals surface area (Å²) in [5.41, 5.74) is 3.08. The Bertz CT molecular complexity index is 1630. The maximum absolute atomic E-state index is 12.5. The monoisotopic (exact) mass is 556 g/mol. The molecule has 0 aliphatic heterocycles. The molecule has 0 saturated heterocycles. The van der Waals surface area contributed by atoms with Crippen molar-refractivity contribution in [2.45, 2.75) is 50.8 Å². The molecule has 1 aliphatic carbocycles. The summed E-state index contributed by atoms with van der Waals surface area (Å²) in [6.07, 6.45) is 5.42. The third-order valence-corrected chi connectivity index (χ3v) is 7.61. The highest BCUT2D eigenvalue weighted by Crippen LogP contribution is 2.35. The smallest absolute Gasteiger partial charge is 0.352 e. The van der Waals surface area contributed by atoms with Gasteiger partial charge in [-0.2, -0.15) is 4.68 Å². The number of carboxylic acids is 1. The largest absolute Gasteiger partial charge is 0.489 e. The molecule has 10 heteroatoms. The number of nitrogens with one attached hydrogen (secondary N) is 2. The lowest BCUT2D eigenvalue weighted by Gasteiger charge is -2.28. The van der Waals surface area contributed by atoms with Crippen molar-refractivity contribution < 1.29 is 14.6 Å². The number of H-pyrrole nitrogens is 1. The minimum absolute atomic E-state index is 0.0834. The predicted octanol–water partition coefficient (Wildman–Crippen LogP) is 6.09. The first kappa shape index (κ1) is 26.0. The Kier molecular flexibility index (Phi) is 7.48. The molecular weight excluding hydrogens is 528 g/mol. The van der Waals surface area contributed by atoms with Gasteiger partial charge in [-0.15, -0.1) is 5.10 Å². The number of carbonyl (C=O) groups is 1. The van der Waals surface area contributed by atoms with Gasteiger partial charge >= 0.3 is 5.97 Å². The van der Waals surface area contributed by atoms with Crippen LogP contribution in [-0.2, 0) is 6.61 Å². The van der Waals surface area contributed by atoms with Gasteiger partial charge in [0.15, 0.2) is 5.82 Å². The van der Waals surface area contributed by atoms with Gasteiger partial charge in [0.25, 0.3) is 0 Å². The Balaban J connectivity index is 1.41. The van der Waals surface area contributed by atoms with Crippen LogP contribution in [0.25, 0.3) is 16.6 Å². The van der Waals surface area contributed by atoms with Gasteiger partial charge in [-0.1, -0.05) is 73.3 Å². The van der Waals surface area contributed by atoms with Crippen LogP contribution < -0.4 is 10.1 Å². The van der Waals surface area contributed by atoms with Gasteiger partial charge in [0, 0.05) is 33.6 Å². The summed E-state index contributed by atoms with van der Waals surface area (Å²) in [6.45, 7) is 0.429. The summed E-state index contributed by atoms with van der Waals surface area (Å²) < 4.78 is 7.70. The van der Waals surface area contributed by atoms with Crippen molar-refractivity contribution in [3.63, 3.8) is 0 Å². The van der Waals surface area contributed by atoms with E-state index in [4.69, 9.17) is 16.3 Å². The molecule has 0 spiro atoms. The van der Waals surface area contributed by atoms with Crippen LogP contribution >= 0.6 is 11.6 Å². The van der Waals surface area contributed by atoms with Crippen LogP contribution in [0.2, 0.25) is 5.02 Å². The van der Waals surface area contributed by atoms with Crippen molar-refractivity contribution in [3.05, 3.63) is 100 Å². The van der Waals surface area contributed by atoms with Crippen molar-refractivity contribution in [3.8, 4) is 11.4 Å². The first-order chi connectivity index (χ1) is 19.6. The van der Waals surface area contributed by atoms with Crippen LogP contribution in [0.3, 0.4) is 0 Å². The molecule has 2 aromatic heterocycles. The van der Waals surface area contributed by atoms with E-state index in [-0.39, 0.29) is 11.7 Å². The van der Waals surface area contributed by atoms with Crippen molar-refractivity contribution in [2.24, 2.45) is 0 Å². The van der Waals surface area contributed by atoms with Crippen molar-refractivity contribution >= 4 is 28.5 Å². The Labute approximate surface area is 236 Å². The number of benzene rings is 3. The molecule has 5 aromatic rings. The lowest BCUT2D eigenvalue weighted by atomic mass is 9.93. The highest BCUT2D eigenvalue weighted by molar-refractivity contribution is 6.31. The highest BCUT2D eigenvalue weighted by atomic mass is 35.5. The first-order valence-electron chi connectivity index (χ1n) is 13.4. The summed E-state index contributed by atoms with van der Waals surface area (Å²) in [7, 11) is 0. The number of aromatic carboxylic acids is 1. The van der Waals surface area contributed by atoms with Crippen LogP contribution in [0.15, 0.2) is 72.8 Å². The summed E-state index contributed by atoms with van der Waals surface area (Å²) in [5, 5.41) is 28.0. The highest BCUT2D eigenvalue weighted by Gasteiger charge is 2.32. The fourth-order valence-electron chi connectivity index (χ4n) is 5.46. The van der Waals surface area contributed by atoms with E-state index in [0.29, 0.717) is 40.0 Å². The lowest BCUT2D eigenvalue weighted by molar-refractivity contribution is 0.0689. The molecule has 1 unspecified atom stereocenters. The molecule has 0 bridgehead atoms. The first-order valence-corrected chi connectivity index (χ1v) is 13.8. The molecule has 204 valence electrons. The van der Waals surface area contributed by atoms with E-state index in [9.17, 15) is 9.90 Å². The lowest BCUT2D eigenvalue weighted by Crippen LogP contribution is -2.37. The molecule has 1 aliphatic rings. The maximum atomic E-state index is 12.5. The quantitative estimate of drug-likeness (QED) is 0.201. The number of tetrazole rings is 1. The summed E-state index contributed by atoms with van der Waals surface area (Å²) >= 11 is 6.25. The third kappa shape index (κ3) is 5.43. The number of hydrogen-bond acceptors (Lipinski definition) is 6. The number of ether oxygens (including phenoxy) is 1. The van der Waals surface area contributed by atoms with E-state index in [1.54, 1.807) is 16.8 Å². The average molecular weight is 557 g/mol. The van der Waals surface area contributed by atoms with E-state index in [1.165, 1.54) is 6.42 Å². The van der Waals surface area contributed by atoms with E-state index < -0.39 is 12.0 Å². The van der Waals surface area contributed by atoms with E-state index in [1.807, 2.05) is 60.7 Å². The number of hydrogen-bond donors (Lipinski definition) is 3. The number of halogens is 1. The molecule has 6 rings (SSSR count). The van der Waals surface area contributed by atoms with Crippen LogP contribution in [0.5, 0.6) is 5.75 Å². The topological polar surface area (TPSA) is 118 Å². The van der Waals surface area contributed by atoms with Crippen LogP contribution in [0, 0.1) is 0 Å². The van der Waals surface area contributed by atoms with Gasteiger partial charge in [-0.05, 0) is 53.1 Å². The summed E-state index contributed by atoms with van der Waals surface area (Å²) in [4.78, 5) is 15.5. The molecule has 9 nitrogen and oxygen atoms in total. The fourth-order valence-corrected chi connectivity index (χ4v) is 5.63. The third-order valence-electron chi connectivity index (χ3n) is 7.37. The Morgan fingerprint density at radius 3 is 2.70 bits per heavy atom. The number of nitrogens with zero attached hydrogens (tertiary/aromatic N) is 4. The molecular formula is C30H29ClN6O3. The van der Waals surface area contributed by atoms with Crippen molar-refractivity contribution in [1.82, 2.24) is 30.5 Å². The number of rotatable bonds is 9. The molecule has 1 atom stereocenters. The van der Waals surface area contributed by atoms with Crippen molar-refractivity contribution in [1.29, 1.82) is 0 Å². The Morgan fingerprint density at radius 1 is 1.07 bits per heavy atom.